The van der Waals surface area contributed by atoms with Gasteiger partial charge in [0.05, 0.1) is 13.3 Å². The quantitative estimate of drug-likeness (QED) is 0.494. The highest BCUT2D eigenvalue weighted by molar-refractivity contribution is 6.39. The predicted molar refractivity (Wildman–Crippen MR) is 98.1 cm³/mol. The first-order valence-corrected chi connectivity index (χ1v) is 7.55. The van der Waals surface area contributed by atoms with Crippen molar-refractivity contribution in [3.63, 3.8) is 0 Å². The van der Waals surface area contributed by atoms with Gasteiger partial charge < -0.3 is 15.0 Å². The van der Waals surface area contributed by atoms with E-state index in [2.05, 4.69) is 15.8 Å². The summed E-state index contributed by atoms with van der Waals surface area (Å²) in [4.78, 5) is 25.6. The summed E-state index contributed by atoms with van der Waals surface area (Å²) in [6, 6.07) is 14.3. The Bertz CT molecular complexity index is 770. The Morgan fingerprint density at radius 3 is 2.44 bits per heavy atom. The molecule has 2 rings (SSSR count). The molecule has 0 saturated heterocycles. The lowest BCUT2D eigenvalue weighted by Gasteiger charge is -2.11. The smallest absolute Gasteiger partial charge is 0.329 e. The number of carbonyl (C=O) groups is 2. The molecule has 2 N–H and O–H groups in total. The number of ether oxygens (including phenoxy) is 1. The van der Waals surface area contributed by atoms with Crippen LogP contribution in [0.15, 0.2) is 53.6 Å². The van der Waals surface area contributed by atoms with Crippen LogP contribution >= 0.6 is 0 Å². The van der Waals surface area contributed by atoms with Gasteiger partial charge in [0.2, 0.25) is 0 Å². The first kappa shape index (κ1) is 18.0. The molecule has 0 aliphatic heterocycles. The van der Waals surface area contributed by atoms with Crippen molar-refractivity contribution in [1.82, 2.24) is 5.43 Å². The molecule has 0 saturated carbocycles. The van der Waals surface area contributed by atoms with Crippen molar-refractivity contribution in [3.8, 4) is 5.75 Å². The molecule has 130 valence electrons. The van der Waals surface area contributed by atoms with Gasteiger partial charge in [0.15, 0.2) is 0 Å². The van der Waals surface area contributed by atoms with Crippen molar-refractivity contribution in [2.75, 3.05) is 31.4 Å². The molecular weight excluding hydrogens is 320 g/mol. The summed E-state index contributed by atoms with van der Waals surface area (Å²) < 4.78 is 5.06. The number of benzene rings is 2. The second-order valence-electron chi connectivity index (χ2n) is 5.37. The summed E-state index contributed by atoms with van der Waals surface area (Å²) in [5.41, 5.74) is 4.51. The zero-order chi connectivity index (χ0) is 18.2. The summed E-state index contributed by atoms with van der Waals surface area (Å²) in [7, 11) is 5.42. The molecule has 0 bridgehead atoms. The van der Waals surface area contributed by atoms with Gasteiger partial charge in [-0.25, -0.2) is 5.43 Å². The van der Waals surface area contributed by atoms with Crippen molar-refractivity contribution in [1.29, 1.82) is 0 Å². The highest BCUT2D eigenvalue weighted by Gasteiger charge is 2.13. The van der Waals surface area contributed by atoms with Crippen LogP contribution < -0.4 is 20.4 Å². The molecule has 0 aliphatic carbocycles. The Balaban J connectivity index is 1.89. The highest BCUT2D eigenvalue weighted by Crippen LogP contribution is 2.16. The van der Waals surface area contributed by atoms with Crippen LogP contribution in [-0.2, 0) is 9.59 Å². The fraction of sp³-hybridized carbons (Fsp3) is 0.167. The molecule has 2 amide bonds. The lowest BCUT2D eigenvalue weighted by Crippen LogP contribution is -2.32. The van der Waals surface area contributed by atoms with Gasteiger partial charge in [-0.15, -0.1) is 0 Å². The molecule has 7 heteroatoms. The van der Waals surface area contributed by atoms with E-state index in [4.69, 9.17) is 4.74 Å². The maximum atomic E-state index is 11.8. The fourth-order valence-corrected chi connectivity index (χ4v) is 1.96. The number of hydrogen-bond donors (Lipinski definition) is 2. The van der Waals surface area contributed by atoms with Crippen molar-refractivity contribution in [2.24, 2.45) is 5.10 Å². The highest BCUT2D eigenvalue weighted by atomic mass is 16.5. The first-order chi connectivity index (χ1) is 12.0. The molecule has 2 aromatic rings. The van der Waals surface area contributed by atoms with Gasteiger partial charge in [-0.1, -0.05) is 18.2 Å². The van der Waals surface area contributed by atoms with E-state index < -0.39 is 11.8 Å². The monoisotopic (exact) mass is 340 g/mol. The molecule has 0 spiro atoms. The molecule has 25 heavy (non-hydrogen) atoms. The van der Waals surface area contributed by atoms with Crippen LogP contribution in [0.4, 0.5) is 11.4 Å². The average molecular weight is 340 g/mol. The molecule has 0 atom stereocenters. The third kappa shape index (κ3) is 5.35. The Morgan fingerprint density at radius 1 is 1.08 bits per heavy atom. The molecular formula is C18H20N4O3. The van der Waals surface area contributed by atoms with Gasteiger partial charge in [0, 0.05) is 31.5 Å². The largest absolute Gasteiger partial charge is 0.497 e. The number of anilines is 2. The number of hydrogen-bond acceptors (Lipinski definition) is 5. The van der Waals surface area contributed by atoms with Gasteiger partial charge in [-0.3, -0.25) is 9.59 Å². The SMILES string of the molecule is COc1cccc(NC(=O)C(=O)N/N=C/c2ccc(N(C)C)cc2)c1. The Hall–Kier alpha value is -3.35. The van der Waals surface area contributed by atoms with E-state index in [9.17, 15) is 9.59 Å². The Labute approximate surface area is 146 Å². The summed E-state index contributed by atoms with van der Waals surface area (Å²) in [6.07, 6.45) is 1.47. The zero-order valence-corrected chi connectivity index (χ0v) is 14.3. The van der Waals surface area contributed by atoms with E-state index in [1.165, 1.54) is 13.3 Å². The number of hydrazone groups is 1. The molecule has 0 heterocycles. The Kier molecular flexibility index (Phi) is 6.11. The summed E-state index contributed by atoms with van der Waals surface area (Å²) >= 11 is 0. The number of amides is 2. The molecule has 7 nitrogen and oxygen atoms in total. The standard InChI is InChI=1S/C18H20N4O3/c1-22(2)15-9-7-13(8-10-15)12-19-21-18(24)17(23)20-14-5-4-6-16(11-14)25-3/h4-12H,1-3H3,(H,20,23)(H,21,24)/b19-12+. The van der Waals surface area contributed by atoms with Crippen LogP contribution in [0.1, 0.15) is 5.56 Å². The summed E-state index contributed by atoms with van der Waals surface area (Å²) in [5.74, 6) is -1.09. The number of nitrogens with one attached hydrogen (secondary N) is 2. The second-order valence-corrected chi connectivity index (χ2v) is 5.37. The fourth-order valence-electron chi connectivity index (χ4n) is 1.96. The number of rotatable bonds is 5. The summed E-state index contributed by atoms with van der Waals surface area (Å²) in [5, 5.41) is 6.26. The van der Waals surface area contributed by atoms with Crippen molar-refractivity contribution < 1.29 is 14.3 Å². The van der Waals surface area contributed by atoms with Crippen molar-refractivity contribution >= 4 is 29.4 Å². The number of methoxy groups -OCH3 is 1. The molecule has 0 aromatic heterocycles. The van der Waals surface area contributed by atoms with E-state index in [1.54, 1.807) is 24.3 Å². The number of carbonyl (C=O) groups excluding carboxylic acids is 2. The third-order valence-corrected chi connectivity index (χ3v) is 3.32. The predicted octanol–water partition coefficient (Wildman–Crippen LogP) is 1.85. The number of nitrogens with zero attached hydrogens (tertiary/aromatic N) is 2. The molecule has 0 aliphatic rings. The molecule has 0 fully saturated rings. The molecule has 2 aromatic carbocycles. The molecule has 0 radical (unpaired) electrons. The lowest BCUT2D eigenvalue weighted by molar-refractivity contribution is -0.136. The van der Waals surface area contributed by atoms with Gasteiger partial charge in [0.1, 0.15) is 5.75 Å². The van der Waals surface area contributed by atoms with E-state index >= 15 is 0 Å². The maximum Gasteiger partial charge on any atom is 0.329 e. The molecule has 0 unspecified atom stereocenters. The van der Waals surface area contributed by atoms with Crippen LogP contribution in [0.25, 0.3) is 0 Å². The van der Waals surface area contributed by atoms with Crippen molar-refractivity contribution in [2.45, 2.75) is 0 Å². The Morgan fingerprint density at radius 2 is 1.80 bits per heavy atom. The van der Waals surface area contributed by atoms with E-state index in [1.807, 2.05) is 43.3 Å². The van der Waals surface area contributed by atoms with E-state index in [0.717, 1.165) is 11.3 Å². The zero-order valence-electron chi connectivity index (χ0n) is 14.3. The van der Waals surface area contributed by atoms with E-state index in [-0.39, 0.29) is 0 Å². The minimum atomic E-state index is -0.857. The van der Waals surface area contributed by atoms with Gasteiger partial charge in [0.25, 0.3) is 0 Å². The normalized spacial score (nSPS) is 10.4. The van der Waals surface area contributed by atoms with Crippen LogP contribution in [-0.4, -0.2) is 39.2 Å². The third-order valence-electron chi connectivity index (χ3n) is 3.32. The van der Waals surface area contributed by atoms with Crippen LogP contribution in [0.5, 0.6) is 5.75 Å². The topological polar surface area (TPSA) is 83.0 Å². The van der Waals surface area contributed by atoms with Crippen LogP contribution in [0, 0.1) is 0 Å². The van der Waals surface area contributed by atoms with E-state index in [0.29, 0.717) is 11.4 Å². The maximum absolute atomic E-state index is 11.8. The average Bonchev–Trinajstić information content (AvgIpc) is 2.62. The first-order valence-electron chi connectivity index (χ1n) is 7.55. The lowest BCUT2D eigenvalue weighted by atomic mass is 10.2. The van der Waals surface area contributed by atoms with Gasteiger partial charge in [-0.2, -0.15) is 5.10 Å². The van der Waals surface area contributed by atoms with Crippen LogP contribution in [0.2, 0.25) is 0 Å². The minimum absolute atomic E-state index is 0.461. The summed E-state index contributed by atoms with van der Waals surface area (Å²) in [6.45, 7) is 0. The minimum Gasteiger partial charge on any atom is -0.497 e. The second kappa shape index (κ2) is 8.49. The van der Waals surface area contributed by atoms with Gasteiger partial charge in [-0.05, 0) is 29.8 Å². The van der Waals surface area contributed by atoms with Crippen molar-refractivity contribution in [3.05, 3.63) is 54.1 Å². The van der Waals surface area contributed by atoms with Crippen LogP contribution in [0.3, 0.4) is 0 Å². The van der Waals surface area contributed by atoms with Gasteiger partial charge >= 0.3 is 11.8 Å².